The molecule has 2 rings (SSSR count). The Morgan fingerprint density at radius 3 is 3.06 bits per heavy atom. The van der Waals surface area contributed by atoms with E-state index in [1.165, 1.54) is 4.80 Å². The molecule has 1 saturated heterocycles. The van der Waals surface area contributed by atoms with Crippen LogP contribution in [-0.4, -0.2) is 63.5 Å². The Labute approximate surface area is 107 Å². The second kappa shape index (κ2) is 6.21. The molecule has 2 unspecified atom stereocenters. The number of ether oxygens (including phenoxy) is 1. The molecule has 2 heterocycles. The Hall–Kier alpha value is -1.05. The van der Waals surface area contributed by atoms with Crippen molar-refractivity contribution in [2.24, 2.45) is 12.8 Å². The molecule has 2 atom stereocenters. The number of morpholine rings is 1. The van der Waals surface area contributed by atoms with Gasteiger partial charge in [-0.25, -0.2) is 0 Å². The number of hydrogen-bond donors (Lipinski definition) is 1. The Morgan fingerprint density at radius 1 is 1.56 bits per heavy atom. The Bertz CT molecular complexity index is 366. The van der Waals surface area contributed by atoms with E-state index in [1.807, 2.05) is 0 Å². The summed E-state index contributed by atoms with van der Waals surface area (Å²) in [6.45, 7) is 5.95. The highest BCUT2D eigenvalue weighted by molar-refractivity contribution is 4.89. The summed E-state index contributed by atoms with van der Waals surface area (Å²) in [7, 11) is 1.75. The lowest BCUT2D eigenvalue weighted by atomic mass is 10.1. The van der Waals surface area contributed by atoms with Crippen LogP contribution >= 0.6 is 0 Å². The SMILES string of the molecule is CCCN1CCOC(C(N)Cc2nnn(C)n2)C1. The van der Waals surface area contributed by atoms with E-state index in [0.717, 1.165) is 32.7 Å². The minimum absolute atomic E-state index is 0.0640. The lowest BCUT2D eigenvalue weighted by Gasteiger charge is -2.35. The van der Waals surface area contributed by atoms with E-state index in [2.05, 4.69) is 27.2 Å². The largest absolute Gasteiger partial charge is 0.374 e. The molecule has 0 aliphatic carbocycles. The maximum Gasteiger partial charge on any atom is 0.176 e. The van der Waals surface area contributed by atoms with Gasteiger partial charge in [0.2, 0.25) is 0 Å². The highest BCUT2D eigenvalue weighted by Crippen LogP contribution is 2.10. The quantitative estimate of drug-likeness (QED) is 0.740. The lowest BCUT2D eigenvalue weighted by Crippen LogP contribution is -2.51. The van der Waals surface area contributed by atoms with Gasteiger partial charge in [-0.3, -0.25) is 4.90 Å². The lowest BCUT2D eigenvalue weighted by molar-refractivity contribution is -0.0403. The Morgan fingerprint density at radius 2 is 2.39 bits per heavy atom. The molecule has 0 amide bonds. The summed E-state index contributed by atoms with van der Waals surface area (Å²) in [5.41, 5.74) is 6.18. The van der Waals surface area contributed by atoms with Crippen LogP contribution in [0.4, 0.5) is 0 Å². The number of nitrogens with zero attached hydrogens (tertiary/aromatic N) is 5. The minimum Gasteiger partial charge on any atom is -0.374 e. The van der Waals surface area contributed by atoms with Gasteiger partial charge in [-0.2, -0.15) is 4.80 Å². The smallest absolute Gasteiger partial charge is 0.176 e. The normalized spacial score (nSPS) is 23.2. The fourth-order valence-electron chi connectivity index (χ4n) is 2.26. The zero-order valence-electron chi connectivity index (χ0n) is 11.1. The van der Waals surface area contributed by atoms with Crippen molar-refractivity contribution < 1.29 is 4.74 Å². The van der Waals surface area contributed by atoms with Gasteiger partial charge in [-0.05, 0) is 18.2 Å². The third kappa shape index (κ3) is 3.47. The average molecular weight is 254 g/mol. The summed E-state index contributed by atoms with van der Waals surface area (Å²) in [5, 5.41) is 11.9. The van der Waals surface area contributed by atoms with E-state index in [4.69, 9.17) is 10.5 Å². The van der Waals surface area contributed by atoms with Gasteiger partial charge < -0.3 is 10.5 Å². The molecule has 0 bridgehead atoms. The fourth-order valence-corrected chi connectivity index (χ4v) is 2.26. The molecule has 1 aliphatic rings. The predicted molar refractivity (Wildman–Crippen MR) is 66.9 cm³/mol. The van der Waals surface area contributed by atoms with E-state index in [-0.39, 0.29) is 12.1 Å². The van der Waals surface area contributed by atoms with Crippen LogP contribution in [0, 0.1) is 0 Å². The van der Waals surface area contributed by atoms with Crippen molar-refractivity contribution in [2.45, 2.75) is 31.9 Å². The monoisotopic (exact) mass is 254 g/mol. The maximum atomic E-state index is 6.18. The van der Waals surface area contributed by atoms with Crippen LogP contribution in [0.1, 0.15) is 19.2 Å². The number of nitrogens with two attached hydrogens (primary N) is 1. The third-order valence-corrected chi connectivity index (χ3v) is 3.16. The van der Waals surface area contributed by atoms with Crippen molar-refractivity contribution in [2.75, 3.05) is 26.2 Å². The highest BCUT2D eigenvalue weighted by Gasteiger charge is 2.26. The molecule has 1 fully saturated rings. The molecule has 1 aliphatic heterocycles. The summed E-state index contributed by atoms with van der Waals surface area (Å²) in [4.78, 5) is 3.85. The van der Waals surface area contributed by atoms with E-state index in [0.29, 0.717) is 12.2 Å². The van der Waals surface area contributed by atoms with Crippen molar-refractivity contribution in [3.8, 4) is 0 Å². The standard InChI is InChI=1S/C11H22N6O/c1-3-4-17-5-6-18-10(8-17)9(12)7-11-13-15-16(2)14-11/h9-10H,3-8,12H2,1-2H3. The molecular formula is C11H22N6O. The molecule has 1 aromatic rings. The predicted octanol–water partition coefficient (Wildman–Crippen LogP) is -0.809. The third-order valence-electron chi connectivity index (χ3n) is 3.16. The van der Waals surface area contributed by atoms with Gasteiger partial charge in [-0.1, -0.05) is 6.92 Å². The highest BCUT2D eigenvalue weighted by atomic mass is 16.5. The van der Waals surface area contributed by atoms with Crippen LogP contribution in [-0.2, 0) is 18.2 Å². The van der Waals surface area contributed by atoms with Gasteiger partial charge in [0.25, 0.3) is 0 Å². The van der Waals surface area contributed by atoms with Crippen LogP contribution in [0.25, 0.3) is 0 Å². The summed E-state index contributed by atoms with van der Waals surface area (Å²) in [6, 6.07) is -0.0751. The van der Waals surface area contributed by atoms with Crippen LogP contribution in [0.2, 0.25) is 0 Å². The van der Waals surface area contributed by atoms with Crippen molar-refractivity contribution in [3.05, 3.63) is 5.82 Å². The number of hydrogen-bond acceptors (Lipinski definition) is 6. The number of tetrazole rings is 1. The topological polar surface area (TPSA) is 82.1 Å². The fraction of sp³-hybridized carbons (Fsp3) is 0.909. The van der Waals surface area contributed by atoms with Gasteiger partial charge >= 0.3 is 0 Å². The van der Waals surface area contributed by atoms with Crippen LogP contribution in [0.15, 0.2) is 0 Å². The van der Waals surface area contributed by atoms with Crippen molar-refractivity contribution in [1.82, 2.24) is 25.1 Å². The average Bonchev–Trinajstić information content (AvgIpc) is 2.75. The van der Waals surface area contributed by atoms with E-state index in [1.54, 1.807) is 7.05 Å². The molecule has 0 aromatic carbocycles. The molecule has 7 heteroatoms. The van der Waals surface area contributed by atoms with Gasteiger partial charge in [0, 0.05) is 25.6 Å². The van der Waals surface area contributed by atoms with Crippen LogP contribution < -0.4 is 5.73 Å². The Balaban J connectivity index is 1.86. The van der Waals surface area contributed by atoms with Crippen LogP contribution in [0.3, 0.4) is 0 Å². The Kier molecular flexibility index (Phi) is 4.62. The first-order chi connectivity index (χ1) is 8.69. The van der Waals surface area contributed by atoms with Crippen molar-refractivity contribution >= 4 is 0 Å². The zero-order valence-corrected chi connectivity index (χ0v) is 11.1. The van der Waals surface area contributed by atoms with E-state index >= 15 is 0 Å². The minimum atomic E-state index is -0.0751. The van der Waals surface area contributed by atoms with Crippen molar-refractivity contribution in [1.29, 1.82) is 0 Å². The first-order valence-electron chi connectivity index (χ1n) is 6.51. The second-order valence-corrected chi connectivity index (χ2v) is 4.77. The van der Waals surface area contributed by atoms with Crippen molar-refractivity contribution in [3.63, 3.8) is 0 Å². The molecule has 0 radical (unpaired) electrons. The number of rotatable bonds is 5. The van der Waals surface area contributed by atoms with Gasteiger partial charge in [0.15, 0.2) is 5.82 Å². The summed E-state index contributed by atoms with van der Waals surface area (Å²) < 4.78 is 5.75. The molecule has 0 spiro atoms. The van der Waals surface area contributed by atoms with Gasteiger partial charge in [-0.15, -0.1) is 10.2 Å². The van der Waals surface area contributed by atoms with Crippen LogP contribution in [0.5, 0.6) is 0 Å². The van der Waals surface area contributed by atoms with Gasteiger partial charge in [0.1, 0.15) is 0 Å². The number of aryl methyl sites for hydroxylation is 1. The zero-order chi connectivity index (χ0) is 13.0. The molecule has 2 N–H and O–H groups in total. The van der Waals surface area contributed by atoms with E-state index in [9.17, 15) is 0 Å². The summed E-state index contributed by atoms with van der Waals surface area (Å²) in [5.74, 6) is 0.682. The molecule has 102 valence electrons. The summed E-state index contributed by atoms with van der Waals surface area (Å²) in [6.07, 6.45) is 1.83. The number of aromatic nitrogens is 4. The second-order valence-electron chi connectivity index (χ2n) is 4.77. The van der Waals surface area contributed by atoms with Gasteiger partial charge in [0.05, 0.1) is 19.8 Å². The molecule has 7 nitrogen and oxygen atoms in total. The molecular weight excluding hydrogens is 232 g/mol. The summed E-state index contributed by atoms with van der Waals surface area (Å²) >= 11 is 0. The maximum absolute atomic E-state index is 6.18. The first-order valence-corrected chi connectivity index (χ1v) is 6.51. The molecule has 1 aromatic heterocycles. The first kappa shape index (κ1) is 13.4. The molecule has 18 heavy (non-hydrogen) atoms. The molecule has 0 saturated carbocycles. The van der Waals surface area contributed by atoms with E-state index < -0.39 is 0 Å².